The summed E-state index contributed by atoms with van der Waals surface area (Å²) in [5.41, 5.74) is 4.36. The highest BCUT2D eigenvalue weighted by Crippen LogP contribution is 2.31. The average molecular weight is 402 g/mol. The van der Waals surface area contributed by atoms with Crippen LogP contribution in [0.5, 0.6) is 5.75 Å². The van der Waals surface area contributed by atoms with Crippen LogP contribution in [0.15, 0.2) is 42.5 Å². The second-order valence-corrected chi connectivity index (χ2v) is 7.23. The van der Waals surface area contributed by atoms with Crippen molar-refractivity contribution in [2.24, 2.45) is 0 Å². The molecule has 27 heavy (non-hydrogen) atoms. The fraction of sp³-hybridized carbons (Fsp3) is 0.200. The molecule has 1 aliphatic rings. The summed E-state index contributed by atoms with van der Waals surface area (Å²) in [6.07, 6.45) is 0.713. The molecule has 0 radical (unpaired) electrons. The largest absolute Gasteiger partial charge is 0.496 e. The van der Waals surface area contributed by atoms with Crippen molar-refractivity contribution < 1.29 is 9.53 Å². The van der Waals surface area contributed by atoms with Gasteiger partial charge in [0.25, 0.3) is 5.91 Å². The normalized spacial score (nSPS) is 13.4. The molecule has 1 aromatic heterocycles. The number of nitrogens with one attached hydrogen (secondary N) is 1. The summed E-state index contributed by atoms with van der Waals surface area (Å²) < 4.78 is 5.33. The van der Waals surface area contributed by atoms with Crippen LogP contribution in [0.2, 0.25) is 10.0 Å². The lowest BCUT2D eigenvalue weighted by atomic mass is 10.0. The molecular weight excluding hydrogens is 385 g/mol. The minimum atomic E-state index is -0.108. The van der Waals surface area contributed by atoms with Gasteiger partial charge in [-0.2, -0.15) is 5.10 Å². The highest BCUT2D eigenvalue weighted by atomic mass is 35.5. The number of nitrogens with zero attached hydrogens (tertiary/aromatic N) is 2. The van der Waals surface area contributed by atoms with Crippen molar-refractivity contribution in [3.05, 3.63) is 69.3 Å². The fourth-order valence-electron chi connectivity index (χ4n) is 3.33. The van der Waals surface area contributed by atoms with Gasteiger partial charge in [0.05, 0.1) is 18.4 Å². The third kappa shape index (κ3) is 3.40. The van der Waals surface area contributed by atoms with E-state index in [-0.39, 0.29) is 5.91 Å². The number of rotatable bonds is 3. The molecule has 1 N–H and O–H groups in total. The van der Waals surface area contributed by atoms with Crippen LogP contribution in [0.4, 0.5) is 0 Å². The number of hydrogen-bond donors (Lipinski definition) is 1. The Labute approximate surface area is 166 Å². The number of aromatic amines is 1. The molecule has 2 heterocycles. The van der Waals surface area contributed by atoms with Crippen molar-refractivity contribution in [3.63, 3.8) is 0 Å². The molecule has 138 valence electrons. The highest BCUT2D eigenvalue weighted by Gasteiger charge is 2.28. The molecule has 0 aliphatic carbocycles. The van der Waals surface area contributed by atoms with E-state index in [1.807, 2.05) is 24.3 Å². The molecule has 0 fully saturated rings. The summed E-state index contributed by atoms with van der Waals surface area (Å²) in [5.74, 6) is 0.406. The zero-order valence-electron chi connectivity index (χ0n) is 14.6. The first-order chi connectivity index (χ1) is 13.1. The SMILES string of the molecule is COc1ccc(Cl)cc1C(=O)N1CCc2[nH]nc(-c3ccc(Cl)cc3)c2C1. The third-order valence-corrected chi connectivity index (χ3v) is 5.22. The Bertz CT molecular complexity index is 999. The predicted octanol–water partition coefficient (Wildman–Crippen LogP) is 4.59. The molecule has 0 saturated heterocycles. The number of carbonyl (C=O) groups is 1. The molecule has 0 spiro atoms. The van der Waals surface area contributed by atoms with Crippen LogP contribution in [0.25, 0.3) is 11.3 Å². The number of benzene rings is 2. The van der Waals surface area contributed by atoms with E-state index in [2.05, 4.69) is 10.2 Å². The maximum atomic E-state index is 13.1. The fourth-order valence-corrected chi connectivity index (χ4v) is 3.63. The zero-order valence-corrected chi connectivity index (χ0v) is 16.1. The Hall–Kier alpha value is -2.50. The van der Waals surface area contributed by atoms with E-state index in [9.17, 15) is 4.79 Å². The lowest BCUT2D eigenvalue weighted by Crippen LogP contribution is -2.36. The van der Waals surface area contributed by atoms with Gasteiger partial charge in [-0.25, -0.2) is 0 Å². The maximum Gasteiger partial charge on any atom is 0.257 e. The van der Waals surface area contributed by atoms with Gasteiger partial charge in [0, 0.05) is 46.4 Å². The molecular formula is C20H17Cl2N3O2. The molecule has 0 atom stereocenters. The number of carbonyl (C=O) groups excluding carboxylic acids is 1. The Balaban J connectivity index is 1.65. The van der Waals surface area contributed by atoms with E-state index < -0.39 is 0 Å². The Morgan fingerprint density at radius 3 is 2.63 bits per heavy atom. The van der Waals surface area contributed by atoms with Crippen LogP contribution in [0.1, 0.15) is 21.6 Å². The quantitative estimate of drug-likeness (QED) is 0.697. The minimum Gasteiger partial charge on any atom is -0.496 e. The molecule has 5 nitrogen and oxygen atoms in total. The Morgan fingerprint density at radius 2 is 1.89 bits per heavy atom. The lowest BCUT2D eigenvalue weighted by Gasteiger charge is -2.28. The topological polar surface area (TPSA) is 58.2 Å². The van der Waals surface area contributed by atoms with Gasteiger partial charge in [-0.3, -0.25) is 9.89 Å². The Kier molecular flexibility index (Phi) is 4.81. The van der Waals surface area contributed by atoms with Gasteiger partial charge in [0.15, 0.2) is 0 Å². The third-order valence-electron chi connectivity index (χ3n) is 4.73. The first kappa shape index (κ1) is 17.9. The maximum absolute atomic E-state index is 13.1. The molecule has 0 saturated carbocycles. The van der Waals surface area contributed by atoms with Crippen LogP contribution in [0.3, 0.4) is 0 Å². The highest BCUT2D eigenvalue weighted by molar-refractivity contribution is 6.31. The monoisotopic (exact) mass is 401 g/mol. The van der Waals surface area contributed by atoms with Crippen molar-refractivity contribution in [1.29, 1.82) is 0 Å². The predicted molar refractivity (Wildman–Crippen MR) is 105 cm³/mol. The number of ether oxygens (including phenoxy) is 1. The van der Waals surface area contributed by atoms with Gasteiger partial charge >= 0.3 is 0 Å². The number of hydrogen-bond acceptors (Lipinski definition) is 3. The van der Waals surface area contributed by atoms with E-state index in [1.54, 1.807) is 30.2 Å². The number of halogens is 2. The van der Waals surface area contributed by atoms with E-state index >= 15 is 0 Å². The van der Waals surface area contributed by atoms with Gasteiger partial charge in [0.2, 0.25) is 0 Å². The zero-order chi connectivity index (χ0) is 19.0. The summed E-state index contributed by atoms with van der Waals surface area (Å²) in [6, 6.07) is 12.6. The van der Waals surface area contributed by atoms with Crippen LogP contribution >= 0.6 is 23.2 Å². The van der Waals surface area contributed by atoms with Crippen molar-refractivity contribution in [1.82, 2.24) is 15.1 Å². The Morgan fingerprint density at radius 1 is 1.15 bits per heavy atom. The summed E-state index contributed by atoms with van der Waals surface area (Å²) in [6.45, 7) is 1.07. The second-order valence-electron chi connectivity index (χ2n) is 6.36. The summed E-state index contributed by atoms with van der Waals surface area (Å²) >= 11 is 12.1. The summed E-state index contributed by atoms with van der Waals surface area (Å²) in [4.78, 5) is 14.9. The molecule has 1 aliphatic heterocycles. The van der Waals surface area contributed by atoms with Crippen LogP contribution in [-0.2, 0) is 13.0 Å². The molecule has 0 bridgehead atoms. The number of fused-ring (bicyclic) bond motifs is 1. The molecule has 4 rings (SSSR count). The van der Waals surface area contributed by atoms with E-state index in [0.717, 1.165) is 22.5 Å². The number of H-pyrrole nitrogens is 1. The molecule has 3 aromatic rings. The smallest absolute Gasteiger partial charge is 0.257 e. The van der Waals surface area contributed by atoms with Crippen molar-refractivity contribution >= 4 is 29.1 Å². The van der Waals surface area contributed by atoms with Crippen LogP contribution in [-0.4, -0.2) is 34.7 Å². The average Bonchev–Trinajstić information content (AvgIpc) is 3.11. The number of amides is 1. The molecule has 2 aromatic carbocycles. The standard InChI is InChI=1S/C20H17Cl2N3O2/c1-27-18-7-6-14(22)10-15(18)20(26)25-9-8-17-16(11-25)19(24-23-17)12-2-4-13(21)5-3-12/h2-7,10H,8-9,11H2,1H3,(H,23,24). The van der Waals surface area contributed by atoms with Crippen molar-refractivity contribution in [3.8, 4) is 17.0 Å². The molecule has 1 amide bonds. The van der Waals surface area contributed by atoms with Gasteiger partial charge in [-0.05, 0) is 30.3 Å². The van der Waals surface area contributed by atoms with Gasteiger partial charge in [-0.15, -0.1) is 0 Å². The lowest BCUT2D eigenvalue weighted by molar-refractivity contribution is 0.0731. The van der Waals surface area contributed by atoms with Gasteiger partial charge < -0.3 is 9.64 Å². The van der Waals surface area contributed by atoms with Crippen molar-refractivity contribution in [2.75, 3.05) is 13.7 Å². The first-order valence-electron chi connectivity index (χ1n) is 8.51. The summed E-state index contributed by atoms with van der Waals surface area (Å²) in [7, 11) is 1.54. The van der Waals surface area contributed by atoms with Gasteiger partial charge in [-0.1, -0.05) is 35.3 Å². The van der Waals surface area contributed by atoms with Crippen molar-refractivity contribution in [2.45, 2.75) is 13.0 Å². The van der Waals surface area contributed by atoms with Crippen LogP contribution in [0, 0.1) is 0 Å². The first-order valence-corrected chi connectivity index (χ1v) is 9.27. The van der Waals surface area contributed by atoms with E-state index in [4.69, 9.17) is 27.9 Å². The van der Waals surface area contributed by atoms with E-state index in [0.29, 0.717) is 40.9 Å². The number of methoxy groups -OCH3 is 1. The summed E-state index contributed by atoms with van der Waals surface area (Å²) in [5, 5.41) is 8.74. The molecule has 7 heteroatoms. The minimum absolute atomic E-state index is 0.108. The van der Waals surface area contributed by atoms with E-state index in [1.165, 1.54) is 0 Å². The number of aromatic nitrogens is 2. The van der Waals surface area contributed by atoms with Crippen LogP contribution < -0.4 is 4.74 Å². The second kappa shape index (κ2) is 7.25. The molecule has 0 unspecified atom stereocenters. The van der Waals surface area contributed by atoms with Gasteiger partial charge in [0.1, 0.15) is 5.75 Å².